The number of benzene rings is 2. The Balaban J connectivity index is 2.07. The summed E-state index contributed by atoms with van der Waals surface area (Å²) >= 11 is 0. The third-order valence-electron chi connectivity index (χ3n) is 3.50. The van der Waals surface area contributed by atoms with E-state index in [1.807, 2.05) is 55.4 Å². The van der Waals surface area contributed by atoms with Gasteiger partial charge < -0.3 is 4.90 Å². The molecule has 2 nitrogen and oxygen atoms in total. The Morgan fingerprint density at radius 3 is 1.95 bits per heavy atom. The average molecular weight is 267 g/mol. The Kier molecular flexibility index (Phi) is 4.57. The Morgan fingerprint density at radius 2 is 1.45 bits per heavy atom. The highest BCUT2D eigenvalue weighted by Crippen LogP contribution is 2.14. The number of Topliss-reactive ketones (excluding diaryl/α,β-unsaturated/α-hetero) is 1. The lowest BCUT2D eigenvalue weighted by Gasteiger charge is -2.12. The van der Waals surface area contributed by atoms with E-state index in [4.69, 9.17) is 0 Å². The van der Waals surface area contributed by atoms with Gasteiger partial charge in [0.1, 0.15) is 0 Å². The zero-order valence-electron chi connectivity index (χ0n) is 12.4. The molecular formula is C18H21NO. The number of ketones is 1. The molecule has 0 aliphatic carbocycles. The third-order valence-corrected chi connectivity index (χ3v) is 3.50. The van der Waals surface area contributed by atoms with Gasteiger partial charge in [-0.3, -0.25) is 4.79 Å². The first-order chi connectivity index (χ1) is 9.60. The van der Waals surface area contributed by atoms with E-state index in [0.717, 1.165) is 23.2 Å². The van der Waals surface area contributed by atoms with Crippen LogP contribution in [0.3, 0.4) is 0 Å². The highest BCUT2D eigenvalue weighted by molar-refractivity contribution is 5.97. The highest BCUT2D eigenvalue weighted by atomic mass is 16.1. The standard InChI is InChI=1S/C18H21NO/c1-4-14-5-7-15(8-6-14)13-18(20)16-9-11-17(12-10-16)19(2)3/h5-12H,4,13H2,1-3H3. The topological polar surface area (TPSA) is 20.3 Å². The molecule has 0 atom stereocenters. The Labute approximate surface area is 121 Å². The fourth-order valence-corrected chi connectivity index (χ4v) is 2.13. The van der Waals surface area contributed by atoms with Gasteiger partial charge in [0.05, 0.1) is 0 Å². The van der Waals surface area contributed by atoms with E-state index in [-0.39, 0.29) is 5.78 Å². The highest BCUT2D eigenvalue weighted by Gasteiger charge is 2.07. The maximum atomic E-state index is 12.2. The summed E-state index contributed by atoms with van der Waals surface area (Å²) < 4.78 is 0. The van der Waals surface area contributed by atoms with Gasteiger partial charge in [-0.05, 0) is 41.8 Å². The molecule has 2 rings (SSSR count). The van der Waals surface area contributed by atoms with E-state index < -0.39 is 0 Å². The molecule has 0 saturated carbocycles. The van der Waals surface area contributed by atoms with Crippen LogP contribution in [-0.2, 0) is 12.8 Å². The maximum Gasteiger partial charge on any atom is 0.167 e. The lowest BCUT2D eigenvalue weighted by Crippen LogP contribution is -2.09. The van der Waals surface area contributed by atoms with Crippen molar-refractivity contribution < 1.29 is 4.79 Å². The molecule has 0 aromatic heterocycles. The minimum Gasteiger partial charge on any atom is -0.378 e. The quantitative estimate of drug-likeness (QED) is 0.769. The van der Waals surface area contributed by atoms with Gasteiger partial charge in [-0.2, -0.15) is 0 Å². The monoisotopic (exact) mass is 267 g/mol. The van der Waals surface area contributed by atoms with E-state index in [1.165, 1.54) is 5.56 Å². The summed E-state index contributed by atoms with van der Waals surface area (Å²) in [4.78, 5) is 14.3. The molecule has 0 amide bonds. The van der Waals surface area contributed by atoms with Gasteiger partial charge in [0.2, 0.25) is 0 Å². The molecule has 0 aliphatic rings. The van der Waals surface area contributed by atoms with E-state index in [9.17, 15) is 4.79 Å². The van der Waals surface area contributed by atoms with Crippen LogP contribution in [0.1, 0.15) is 28.4 Å². The van der Waals surface area contributed by atoms with Crippen LogP contribution in [0.2, 0.25) is 0 Å². The van der Waals surface area contributed by atoms with Gasteiger partial charge in [0.15, 0.2) is 5.78 Å². The molecule has 0 spiro atoms. The summed E-state index contributed by atoms with van der Waals surface area (Å²) in [6.45, 7) is 2.13. The summed E-state index contributed by atoms with van der Waals surface area (Å²) in [5, 5.41) is 0. The molecule has 0 fully saturated rings. The number of hydrogen-bond donors (Lipinski definition) is 0. The lowest BCUT2D eigenvalue weighted by molar-refractivity contribution is 0.0993. The summed E-state index contributed by atoms with van der Waals surface area (Å²) in [5.41, 5.74) is 4.25. The van der Waals surface area contributed by atoms with E-state index in [0.29, 0.717) is 6.42 Å². The van der Waals surface area contributed by atoms with Gasteiger partial charge in [-0.15, -0.1) is 0 Å². The first-order valence-corrected chi connectivity index (χ1v) is 6.98. The average Bonchev–Trinajstić information content (AvgIpc) is 2.48. The van der Waals surface area contributed by atoms with Crippen molar-refractivity contribution in [1.29, 1.82) is 0 Å². The summed E-state index contributed by atoms with van der Waals surface area (Å²) in [5.74, 6) is 0.166. The van der Waals surface area contributed by atoms with Crippen molar-refractivity contribution >= 4 is 11.5 Å². The molecule has 104 valence electrons. The van der Waals surface area contributed by atoms with Crippen LogP contribution in [0, 0.1) is 0 Å². The van der Waals surface area contributed by atoms with Crippen LogP contribution in [0.5, 0.6) is 0 Å². The Hall–Kier alpha value is -2.09. The van der Waals surface area contributed by atoms with Crippen molar-refractivity contribution in [2.45, 2.75) is 19.8 Å². The summed E-state index contributed by atoms with van der Waals surface area (Å²) in [6.07, 6.45) is 1.49. The fraction of sp³-hybridized carbons (Fsp3) is 0.278. The van der Waals surface area contributed by atoms with Gasteiger partial charge >= 0.3 is 0 Å². The van der Waals surface area contributed by atoms with Crippen LogP contribution in [0.4, 0.5) is 5.69 Å². The molecule has 0 bridgehead atoms. The molecule has 2 aromatic carbocycles. The maximum absolute atomic E-state index is 12.2. The normalized spacial score (nSPS) is 10.3. The first-order valence-electron chi connectivity index (χ1n) is 6.98. The van der Waals surface area contributed by atoms with Gasteiger partial charge in [-0.25, -0.2) is 0 Å². The van der Waals surface area contributed by atoms with Gasteiger partial charge in [-0.1, -0.05) is 31.2 Å². The second-order valence-corrected chi connectivity index (χ2v) is 5.21. The largest absolute Gasteiger partial charge is 0.378 e. The van der Waals surface area contributed by atoms with Crippen LogP contribution < -0.4 is 4.90 Å². The zero-order chi connectivity index (χ0) is 14.5. The Morgan fingerprint density at radius 1 is 0.900 bits per heavy atom. The molecule has 0 unspecified atom stereocenters. The number of nitrogens with zero attached hydrogens (tertiary/aromatic N) is 1. The predicted molar refractivity (Wildman–Crippen MR) is 84.6 cm³/mol. The van der Waals surface area contributed by atoms with Crippen LogP contribution in [0.15, 0.2) is 48.5 Å². The SMILES string of the molecule is CCc1ccc(CC(=O)c2ccc(N(C)C)cc2)cc1. The molecule has 0 aliphatic heterocycles. The molecule has 0 N–H and O–H groups in total. The number of carbonyl (C=O) groups is 1. The van der Waals surface area contributed by atoms with Crippen molar-refractivity contribution in [2.75, 3.05) is 19.0 Å². The second-order valence-electron chi connectivity index (χ2n) is 5.21. The predicted octanol–water partition coefficient (Wildman–Crippen LogP) is 3.74. The van der Waals surface area contributed by atoms with Crippen molar-refractivity contribution in [3.8, 4) is 0 Å². The Bertz CT molecular complexity index is 567. The minimum absolute atomic E-state index is 0.166. The van der Waals surface area contributed by atoms with Crippen molar-refractivity contribution in [3.05, 3.63) is 65.2 Å². The lowest BCUT2D eigenvalue weighted by atomic mass is 10.0. The van der Waals surface area contributed by atoms with Crippen LogP contribution >= 0.6 is 0 Å². The van der Waals surface area contributed by atoms with E-state index in [1.54, 1.807) is 0 Å². The molecule has 20 heavy (non-hydrogen) atoms. The van der Waals surface area contributed by atoms with Crippen molar-refractivity contribution in [1.82, 2.24) is 0 Å². The number of carbonyl (C=O) groups excluding carboxylic acids is 1. The summed E-state index contributed by atoms with van der Waals surface area (Å²) in [6, 6.07) is 16.0. The van der Waals surface area contributed by atoms with E-state index >= 15 is 0 Å². The second kappa shape index (κ2) is 6.38. The van der Waals surface area contributed by atoms with Crippen molar-refractivity contribution in [3.63, 3.8) is 0 Å². The zero-order valence-corrected chi connectivity index (χ0v) is 12.4. The van der Waals surface area contributed by atoms with Gasteiger partial charge in [0.25, 0.3) is 0 Å². The number of rotatable bonds is 5. The fourth-order valence-electron chi connectivity index (χ4n) is 2.13. The minimum atomic E-state index is 0.166. The molecule has 0 radical (unpaired) electrons. The molecular weight excluding hydrogens is 246 g/mol. The van der Waals surface area contributed by atoms with E-state index in [2.05, 4.69) is 19.1 Å². The first kappa shape index (κ1) is 14.3. The van der Waals surface area contributed by atoms with Crippen molar-refractivity contribution in [2.24, 2.45) is 0 Å². The van der Waals surface area contributed by atoms with Crippen LogP contribution in [0.25, 0.3) is 0 Å². The molecule has 0 saturated heterocycles. The molecule has 0 heterocycles. The smallest absolute Gasteiger partial charge is 0.167 e. The number of aryl methyl sites for hydroxylation is 1. The van der Waals surface area contributed by atoms with Crippen LogP contribution in [-0.4, -0.2) is 19.9 Å². The number of anilines is 1. The number of hydrogen-bond acceptors (Lipinski definition) is 2. The molecule has 2 aromatic rings. The van der Waals surface area contributed by atoms with Gasteiger partial charge in [0, 0.05) is 31.8 Å². The third kappa shape index (κ3) is 3.47. The molecule has 2 heteroatoms. The summed E-state index contributed by atoms with van der Waals surface area (Å²) in [7, 11) is 3.98.